The zero-order valence-corrected chi connectivity index (χ0v) is 23.4. The monoisotopic (exact) mass is 558 g/mol. The topological polar surface area (TPSA) is 75.3 Å². The van der Waals surface area contributed by atoms with Crippen LogP contribution in [0.25, 0.3) is 0 Å². The van der Waals surface area contributed by atoms with E-state index in [1.54, 1.807) is 24.3 Å². The molecule has 2 aromatic carbocycles. The number of halogens is 3. The highest BCUT2D eigenvalue weighted by Gasteiger charge is 2.66. The van der Waals surface area contributed by atoms with Gasteiger partial charge < -0.3 is 10.6 Å². The Bertz CT molecular complexity index is 1300. The second-order valence-electron chi connectivity index (χ2n) is 12.2. The molecular formula is C30H33Cl2FN2O3. The summed E-state index contributed by atoms with van der Waals surface area (Å²) in [5.74, 6) is -1.47. The van der Waals surface area contributed by atoms with E-state index in [0.29, 0.717) is 48.4 Å². The Morgan fingerprint density at radius 2 is 1.82 bits per heavy atom. The zero-order valence-electron chi connectivity index (χ0n) is 21.9. The van der Waals surface area contributed by atoms with E-state index in [0.717, 1.165) is 0 Å². The van der Waals surface area contributed by atoms with Crippen molar-refractivity contribution in [2.45, 2.75) is 82.7 Å². The quantitative estimate of drug-likeness (QED) is 0.433. The number of ketones is 2. The van der Waals surface area contributed by atoms with Gasteiger partial charge in [0, 0.05) is 41.9 Å². The maximum absolute atomic E-state index is 15.8. The van der Waals surface area contributed by atoms with E-state index >= 15 is 4.39 Å². The van der Waals surface area contributed by atoms with Gasteiger partial charge in [-0.1, -0.05) is 62.2 Å². The van der Waals surface area contributed by atoms with Crippen molar-refractivity contribution >= 4 is 46.4 Å². The lowest BCUT2D eigenvalue weighted by Gasteiger charge is -2.38. The van der Waals surface area contributed by atoms with Gasteiger partial charge in [-0.2, -0.15) is 0 Å². The molecule has 1 saturated heterocycles. The average Bonchev–Trinajstić information content (AvgIpc) is 3.31. The molecule has 1 spiro atoms. The molecule has 4 unspecified atom stereocenters. The van der Waals surface area contributed by atoms with Crippen LogP contribution in [0, 0.1) is 17.2 Å². The number of Topliss-reactive ketones (excluding diaryl/α,β-unsaturated/α-hetero) is 2. The van der Waals surface area contributed by atoms with E-state index in [1.807, 2.05) is 6.07 Å². The number of amides is 1. The molecule has 1 amide bonds. The Kier molecular flexibility index (Phi) is 7.21. The van der Waals surface area contributed by atoms with E-state index < -0.39 is 29.2 Å². The van der Waals surface area contributed by atoms with Crippen LogP contribution in [0.1, 0.15) is 76.3 Å². The van der Waals surface area contributed by atoms with Crippen molar-refractivity contribution in [3.63, 3.8) is 0 Å². The summed E-state index contributed by atoms with van der Waals surface area (Å²) in [6, 6.07) is 8.77. The number of hydrogen-bond donors (Lipinski definition) is 2. The average molecular weight is 560 g/mol. The van der Waals surface area contributed by atoms with Gasteiger partial charge in [-0.25, -0.2) is 4.39 Å². The molecule has 0 radical (unpaired) electrons. The molecule has 0 aromatic heterocycles. The van der Waals surface area contributed by atoms with Gasteiger partial charge in [0.2, 0.25) is 5.91 Å². The molecule has 0 bridgehead atoms. The van der Waals surface area contributed by atoms with E-state index in [2.05, 4.69) is 31.4 Å². The van der Waals surface area contributed by atoms with Crippen LogP contribution in [0.15, 0.2) is 36.4 Å². The van der Waals surface area contributed by atoms with Crippen molar-refractivity contribution in [1.29, 1.82) is 0 Å². The smallest absolute Gasteiger partial charge is 0.237 e. The normalized spacial score (nSPS) is 27.6. The van der Waals surface area contributed by atoms with Crippen molar-refractivity contribution in [1.82, 2.24) is 5.32 Å². The van der Waals surface area contributed by atoms with Gasteiger partial charge in [-0.05, 0) is 59.9 Å². The van der Waals surface area contributed by atoms with Gasteiger partial charge in [0.1, 0.15) is 17.0 Å². The van der Waals surface area contributed by atoms with Crippen LogP contribution in [0.4, 0.5) is 10.1 Å². The first-order valence-corrected chi connectivity index (χ1v) is 14.0. The molecule has 38 heavy (non-hydrogen) atoms. The largest absolute Gasteiger partial charge is 0.325 e. The predicted octanol–water partition coefficient (Wildman–Crippen LogP) is 6.60. The molecule has 5 rings (SSSR count). The first-order chi connectivity index (χ1) is 17.9. The second-order valence-corrected chi connectivity index (χ2v) is 13.1. The van der Waals surface area contributed by atoms with Gasteiger partial charge >= 0.3 is 0 Å². The summed E-state index contributed by atoms with van der Waals surface area (Å²) < 4.78 is 15.8. The Morgan fingerprint density at radius 1 is 1.11 bits per heavy atom. The van der Waals surface area contributed by atoms with Gasteiger partial charge in [0.05, 0.1) is 11.1 Å². The highest BCUT2D eigenvalue weighted by Crippen LogP contribution is 2.57. The minimum atomic E-state index is -1.25. The first kappa shape index (κ1) is 27.3. The number of anilines is 1. The summed E-state index contributed by atoms with van der Waals surface area (Å²) in [5.41, 5.74) is 0.0866. The Morgan fingerprint density at radius 3 is 2.50 bits per heavy atom. The Balaban J connectivity index is 1.68. The number of rotatable bonds is 5. The molecule has 8 heteroatoms. The SMILES string of the molecule is CC(C)(C)CC1NC(C(=O)CC2CCC(=O)CC2)C(c2cccc(Cl)c2F)C12C(=O)Nc1cc(Cl)ccc12. The molecule has 1 saturated carbocycles. The third-order valence-electron chi connectivity index (χ3n) is 8.44. The van der Waals surface area contributed by atoms with Crippen LogP contribution in [0.3, 0.4) is 0 Å². The van der Waals surface area contributed by atoms with E-state index in [4.69, 9.17) is 23.2 Å². The van der Waals surface area contributed by atoms with Gasteiger partial charge in [-0.3, -0.25) is 14.4 Å². The fraction of sp³-hybridized carbons (Fsp3) is 0.500. The molecule has 2 aromatic rings. The van der Waals surface area contributed by atoms with Crippen LogP contribution in [0.2, 0.25) is 10.0 Å². The molecule has 202 valence electrons. The molecule has 3 aliphatic rings. The maximum atomic E-state index is 15.8. The van der Waals surface area contributed by atoms with E-state index in [-0.39, 0.29) is 45.8 Å². The Hall–Kier alpha value is -2.28. The summed E-state index contributed by atoms with van der Waals surface area (Å²) in [6.45, 7) is 6.25. The standard InChI is InChI=1S/C30H33Cl2FN2O3/c1-29(2,3)15-24-30(20-12-9-17(31)14-22(20)34-28(30)38)25(19-5-4-6-21(32)26(19)33)27(35-24)23(37)13-16-7-10-18(36)11-8-16/h4-6,9,12,14,16,24-25,27,35H,7-8,10-11,13,15H2,1-3H3,(H,34,38). The summed E-state index contributed by atoms with van der Waals surface area (Å²) in [5, 5.41) is 6.96. The van der Waals surface area contributed by atoms with Gasteiger partial charge in [0.15, 0.2) is 5.78 Å². The van der Waals surface area contributed by atoms with Crippen molar-refractivity contribution in [3.05, 3.63) is 63.4 Å². The summed E-state index contributed by atoms with van der Waals surface area (Å²) >= 11 is 12.5. The predicted molar refractivity (Wildman–Crippen MR) is 147 cm³/mol. The number of benzene rings is 2. The second kappa shape index (κ2) is 10.0. The highest BCUT2D eigenvalue weighted by atomic mass is 35.5. The summed E-state index contributed by atoms with van der Waals surface area (Å²) in [4.78, 5) is 40.0. The van der Waals surface area contributed by atoms with Gasteiger partial charge in [-0.15, -0.1) is 0 Å². The van der Waals surface area contributed by atoms with Crippen LogP contribution in [0.5, 0.6) is 0 Å². The van der Waals surface area contributed by atoms with Crippen LogP contribution < -0.4 is 10.6 Å². The number of fused-ring (bicyclic) bond motifs is 2. The third kappa shape index (κ3) is 4.69. The molecule has 4 atom stereocenters. The number of nitrogens with one attached hydrogen (secondary N) is 2. The first-order valence-electron chi connectivity index (χ1n) is 13.3. The molecule has 2 aliphatic heterocycles. The van der Waals surface area contributed by atoms with Crippen LogP contribution >= 0.6 is 23.2 Å². The third-order valence-corrected chi connectivity index (χ3v) is 8.97. The summed E-state index contributed by atoms with van der Waals surface area (Å²) in [6.07, 6.45) is 3.16. The number of carbonyl (C=O) groups is 3. The van der Waals surface area contributed by atoms with Gasteiger partial charge in [0.25, 0.3) is 0 Å². The molecule has 5 nitrogen and oxygen atoms in total. The maximum Gasteiger partial charge on any atom is 0.237 e. The van der Waals surface area contributed by atoms with Crippen LogP contribution in [-0.4, -0.2) is 29.6 Å². The molecular weight excluding hydrogens is 526 g/mol. The fourth-order valence-electron chi connectivity index (χ4n) is 6.82. The van der Waals surface area contributed by atoms with Crippen molar-refractivity contribution in [2.75, 3.05) is 5.32 Å². The minimum absolute atomic E-state index is 0.0522. The number of hydrogen-bond acceptors (Lipinski definition) is 4. The lowest BCUT2D eigenvalue weighted by Crippen LogP contribution is -2.49. The van der Waals surface area contributed by atoms with E-state index in [9.17, 15) is 14.4 Å². The van der Waals surface area contributed by atoms with Crippen LogP contribution in [-0.2, 0) is 19.8 Å². The van der Waals surface area contributed by atoms with Crippen molar-refractivity contribution in [3.8, 4) is 0 Å². The highest BCUT2D eigenvalue weighted by molar-refractivity contribution is 6.31. The molecule has 1 aliphatic carbocycles. The Labute approximate surface area is 232 Å². The lowest BCUT2D eigenvalue weighted by molar-refractivity contribution is -0.125. The molecule has 2 N–H and O–H groups in total. The van der Waals surface area contributed by atoms with Crippen molar-refractivity contribution < 1.29 is 18.8 Å². The minimum Gasteiger partial charge on any atom is -0.325 e. The summed E-state index contributed by atoms with van der Waals surface area (Å²) in [7, 11) is 0. The lowest BCUT2D eigenvalue weighted by atomic mass is 9.62. The molecule has 2 heterocycles. The fourth-order valence-corrected chi connectivity index (χ4v) is 7.17. The van der Waals surface area contributed by atoms with E-state index in [1.165, 1.54) is 6.07 Å². The zero-order chi connectivity index (χ0) is 27.4. The molecule has 2 fully saturated rings. The number of carbonyl (C=O) groups excluding carboxylic acids is 3. The van der Waals surface area contributed by atoms with Crippen molar-refractivity contribution in [2.24, 2.45) is 11.3 Å².